The van der Waals surface area contributed by atoms with Crippen molar-refractivity contribution in [3.05, 3.63) is 29.8 Å². The Bertz CT molecular complexity index is 370. The predicted octanol–water partition coefficient (Wildman–Crippen LogP) is 3.67. The van der Waals surface area contributed by atoms with Gasteiger partial charge in [0.15, 0.2) is 0 Å². The fraction of sp³-hybridized carbons (Fsp3) is 0.625. The molecule has 1 aromatic rings. The Hall–Kier alpha value is -0.510. The predicted molar refractivity (Wildman–Crippen MR) is 83.1 cm³/mol. The molecule has 3 heteroatoms. The van der Waals surface area contributed by atoms with E-state index in [-0.39, 0.29) is 0 Å². The smallest absolute Gasteiger partial charge is 0.0478 e. The van der Waals surface area contributed by atoms with Gasteiger partial charge < -0.3 is 10.1 Å². The van der Waals surface area contributed by atoms with Gasteiger partial charge in [-0.05, 0) is 31.0 Å². The van der Waals surface area contributed by atoms with Crippen molar-refractivity contribution >= 4 is 11.8 Å². The number of ether oxygens (including phenoxy) is 1. The summed E-state index contributed by atoms with van der Waals surface area (Å²) in [4.78, 5) is 1.47. The van der Waals surface area contributed by atoms with Crippen LogP contribution in [0.4, 0.5) is 0 Å². The number of thioether (sulfide) groups is 1. The van der Waals surface area contributed by atoms with Crippen LogP contribution >= 0.6 is 11.8 Å². The highest BCUT2D eigenvalue weighted by atomic mass is 32.2. The lowest BCUT2D eigenvalue weighted by molar-refractivity contribution is 0.129. The number of hydrogen-bond donors (Lipinski definition) is 1. The fourth-order valence-electron chi connectivity index (χ4n) is 2.32. The zero-order chi connectivity index (χ0) is 13.3. The highest BCUT2D eigenvalue weighted by Crippen LogP contribution is 2.38. The van der Waals surface area contributed by atoms with Crippen molar-refractivity contribution in [3.8, 4) is 0 Å². The molecule has 106 valence electrons. The maximum atomic E-state index is 5.56. The third-order valence-corrected chi connectivity index (χ3v) is 4.73. The van der Waals surface area contributed by atoms with Crippen molar-refractivity contribution in [2.75, 3.05) is 32.1 Å². The minimum atomic E-state index is 0.683. The van der Waals surface area contributed by atoms with E-state index in [1.165, 1.54) is 29.1 Å². The van der Waals surface area contributed by atoms with Crippen LogP contribution in [0.1, 0.15) is 37.7 Å². The first kappa shape index (κ1) is 14.9. The maximum Gasteiger partial charge on any atom is 0.0478 e. The molecule has 0 aromatic heterocycles. The van der Waals surface area contributed by atoms with Crippen LogP contribution in [0.25, 0.3) is 0 Å². The van der Waals surface area contributed by atoms with E-state index in [1.54, 1.807) is 0 Å². The standard InChI is InChI=1S/C16H25NOS/c1-2-3-10-18-11-6-9-17-12-14-13-19-16-8-5-4-7-15(14)16/h4-5,7-8,14,17H,2-3,6,9-13H2,1H3. The topological polar surface area (TPSA) is 21.3 Å². The fourth-order valence-corrected chi connectivity index (χ4v) is 3.58. The lowest BCUT2D eigenvalue weighted by atomic mass is 10.0. The van der Waals surface area contributed by atoms with E-state index in [4.69, 9.17) is 4.74 Å². The van der Waals surface area contributed by atoms with Crippen molar-refractivity contribution in [1.82, 2.24) is 5.32 Å². The molecule has 0 fully saturated rings. The zero-order valence-electron chi connectivity index (χ0n) is 11.9. The molecule has 0 radical (unpaired) electrons. The number of unbranched alkanes of at least 4 members (excludes halogenated alkanes) is 1. The molecule has 0 spiro atoms. The number of fused-ring (bicyclic) bond motifs is 1. The van der Waals surface area contributed by atoms with Gasteiger partial charge in [0, 0.05) is 36.3 Å². The maximum absolute atomic E-state index is 5.56. The van der Waals surface area contributed by atoms with Crippen molar-refractivity contribution in [2.45, 2.75) is 37.0 Å². The van der Waals surface area contributed by atoms with E-state index < -0.39 is 0 Å². The van der Waals surface area contributed by atoms with Gasteiger partial charge in [0.2, 0.25) is 0 Å². The molecule has 2 nitrogen and oxygen atoms in total. The van der Waals surface area contributed by atoms with E-state index in [0.29, 0.717) is 5.92 Å². The molecule has 1 aliphatic rings. The molecule has 1 aliphatic heterocycles. The molecule has 19 heavy (non-hydrogen) atoms. The van der Waals surface area contributed by atoms with Crippen molar-refractivity contribution in [2.24, 2.45) is 0 Å². The molecule has 1 atom stereocenters. The minimum absolute atomic E-state index is 0.683. The summed E-state index contributed by atoms with van der Waals surface area (Å²) in [6.45, 7) is 6.17. The summed E-state index contributed by atoms with van der Waals surface area (Å²) in [5, 5.41) is 3.57. The summed E-state index contributed by atoms with van der Waals surface area (Å²) < 4.78 is 5.56. The molecule has 0 saturated heterocycles. The molecular weight excluding hydrogens is 254 g/mol. The van der Waals surface area contributed by atoms with Crippen LogP contribution in [0.5, 0.6) is 0 Å². The molecule has 0 bridgehead atoms. The number of benzene rings is 1. The van der Waals surface area contributed by atoms with Gasteiger partial charge in [-0.25, -0.2) is 0 Å². The molecule has 1 unspecified atom stereocenters. The lowest BCUT2D eigenvalue weighted by Crippen LogP contribution is -2.23. The third-order valence-electron chi connectivity index (χ3n) is 3.47. The van der Waals surface area contributed by atoms with Gasteiger partial charge in [0.1, 0.15) is 0 Å². The highest BCUT2D eigenvalue weighted by molar-refractivity contribution is 7.99. The molecule has 2 rings (SSSR count). The summed E-state index contributed by atoms with van der Waals surface area (Å²) in [7, 11) is 0. The van der Waals surface area contributed by atoms with Gasteiger partial charge >= 0.3 is 0 Å². The van der Waals surface area contributed by atoms with E-state index in [9.17, 15) is 0 Å². The van der Waals surface area contributed by atoms with Gasteiger partial charge in [-0.3, -0.25) is 0 Å². The lowest BCUT2D eigenvalue weighted by Gasteiger charge is -2.12. The Labute approximate surface area is 121 Å². The van der Waals surface area contributed by atoms with E-state index >= 15 is 0 Å². The van der Waals surface area contributed by atoms with Gasteiger partial charge in [-0.2, -0.15) is 0 Å². The first-order chi connectivity index (χ1) is 9.42. The van der Waals surface area contributed by atoms with E-state index in [0.717, 1.165) is 32.7 Å². The zero-order valence-corrected chi connectivity index (χ0v) is 12.7. The molecule has 0 aliphatic carbocycles. The highest BCUT2D eigenvalue weighted by Gasteiger charge is 2.21. The minimum Gasteiger partial charge on any atom is -0.381 e. The normalized spacial score (nSPS) is 17.6. The van der Waals surface area contributed by atoms with Crippen LogP contribution in [0.15, 0.2) is 29.2 Å². The summed E-state index contributed by atoms with van der Waals surface area (Å²) >= 11 is 1.99. The van der Waals surface area contributed by atoms with E-state index in [1.807, 2.05) is 11.8 Å². The Morgan fingerprint density at radius 3 is 3.00 bits per heavy atom. The number of rotatable bonds is 9. The van der Waals surface area contributed by atoms with Gasteiger partial charge in [0.25, 0.3) is 0 Å². The largest absolute Gasteiger partial charge is 0.381 e. The average Bonchev–Trinajstić information content (AvgIpc) is 2.85. The molecule has 1 N–H and O–H groups in total. The second-order valence-electron chi connectivity index (χ2n) is 5.07. The SMILES string of the molecule is CCCCOCCCNCC1CSc2ccccc21. The van der Waals surface area contributed by atoms with Gasteiger partial charge in [-0.1, -0.05) is 31.5 Å². The first-order valence-corrected chi connectivity index (χ1v) is 8.40. The Morgan fingerprint density at radius 1 is 1.26 bits per heavy atom. The van der Waals surface area contributed by atoms with Crippen LogP contribution in [-0.2, 0) is 4.74 Å². The molecule has 0 amide bonds. The van der Waals surface area contributed by atoms with Crippen LogP contribution < -0.4 is 5.32 Å². The Morgan fingerprint density at radius 2 is 2.11 bits per heavy atom. The Kier molecular flexibility index (Phi) is 6.75. The average molecular weight is 279 g/mol. The summed E-state index contributed by atoms with van der Waals surface area (Å²) in [5.74, 6) is 1.90. The number of nitrogens with one attached hydrogen (secondary N) is 1. The van der Waals surface area contributed by atoms with Crippen LogP contribution in [0.3, 0.4) is 0 Å². The second-order valence-corrected chi connectivity index (χ2v) is 6.13. The van der Waals surface area contributed by atoms with Gasteiger partial charge in [-0.15, -0.1) is 11.8 Å². The Balaban J connectivity index is 1.55. The third kappa shape index (κ3) is 4.83. The van der Waals surface area contributed by atoms with Crippen molar-refractivity contribution < 1.29 is 4.74 Å². The van der Waals surface area contributed by atoms with Crippen molar-refractivity contribution in [3.63, 3.8) is 0 Å². The monoisotopic (exact) mass is 279 g/mol. The molecule has 1 aromatic carbocycles. The number of hydrogen-bond acceptors (Lipinski definition) is 3. The van der Waals surface area contributed by atoms with Crippen LogP contribution in [0.2, 0.25) is 0 Å². The summed E-state index contributed by atoms with van der Waals surface area (Å²) in [6, 6.07) is 8.80. The quantitative estimate of drug-likeness (QED) is 0.697. The molecule has 1 heterocycles. The summed E-state index contributed by atoms with van der Waals surface area (Å²) in [6.07, 6.45) is 3.52. The first-order valence-electron chi connectivity index (χ1n) is 7.42. The van der Waals surface area contributed by atoms with Crippen molar-refractivity contribution in [1.29, 1.82) is 0 Å². The molecular formula is C16H25NOS. The summed E-state index contributed by atoms with van der Waals surface area (Å²) in [5.41, 5.74) is 1.53. The van der Waals surface area contributed by atoms with E-state index in [2.05, 4.69) is 36.5 Å². The van der Waals surface area contributed by atoms with Crippen LogP contribution in [0, 0.1) is 0 Å². The second kappa shape index (κ2) is 8.62. The molecule has 0 saturated carbocycles. The van der Waals surface area contributed by atoms with Gasteiger partial charge in [0.05, 0.1) is 0 Å². The van der Waals surface area contributed by atoms with Crippen LogP contribution in [-0.4, -0.2) is 32.1 Å².